The van der Waals surface area contributed by atoms with Crippen molar-refractivity contribution in [2.24, 2.45) is 5.92 Å². The third kappa shape index (κ3) is 2.76. The number of nitrogen functional groups attached to an aromatic ring is 1. The first-order valence-electron chi connectivity index (χ1n) is 5.64. The number of anilines is 1. The van der Waals surface area contributed by atoms with E-state index in [1.165, 1.54) is 6.07 Å². The van der Waals surface area contributed by atoms with Crippen molar-refractivity contribution in [3.8, 4) is 0 Å². The lowest BCUT2D eigenvalue weighted by molar-refractivity contribution is 0.316. The SMILES string of the molecule is Nc1cc(Cl)c(F)c(S(=O)(=O)NCC2CCC2)c1. The first kappa shape index (κ1) is 13.6. The monoisotopic (exact) mass is 292 g/mol. The summed E-state index contributed by atoms with van der Waals surface area (Å²) < 4.78 is 40.0. The largest absolute Gasteiger partial charge is 0.399 e. The maximum Gasteiger partial charge on any atom is 0.243 e. The summed E-state index contributed by atoms with van der Waals surface area (Å²) in [6, 6.07) is 2.26. The van der Waals surface area contributed by atoms with E-state index in [4.69, 9.17) is 17.3 Å². The molecule has 1 aromatic carbocycles. The molecule has 1 aromatic rings. The normalized spacial score (nSPS) is 16.6. The van der Waals surface area contributed by atoms with Crippen LogP contribution < -0.4 is 10.5 Å². The first-order chi connectivity index (χ1) is 8.40. The Labute approximate surface area is 110 Å². The molecule has 0 aromatic heterocycles. The summed E-state index contributed by atoms with van der Waals surface area (Å²) in [6.45, 7) is 0.328. The predicted molar refractivity (Wildman–Crippen MR) is 68.4 cm³/mol. The summed E-state index contributed by atoms with van der Waals surface area (Å²) in [4.78, 5) is -0.494. The van der Waals surface area contributed by atoms with E-state index in [1.54, 1.807) is 0 Å². The molecule has 0 bridgehead atoms. The van der Waals surface area contributed by atoms with Crippen LogP contribution in [0.1, 0.15) is 19.3 Å². The molecule has 0 spiro atoms. The summed E-state index contributed by atoms with van der Waals surface area (Å²) in [5.41, 5.74) is 5.59. The van der Waals surface area contributed by atoms with Crippen LogP contribution in [0.2, 0.25) is 5.02 Å². The molecular weight excluding hydrogens is 279 g/mol. The van der Waals surface area contributed by atoms with E-state index in [-0.39, 0.29) is 10.7 Å². The molecule has 1 aliphatic rings. The third-order valence-electron chi connectivity index (χ3n) is 3.09. The third-order valence-corrected chi connectivity index (χ3v) is 4.79. The van der Waals surface area contributed by atoms with E-state index in [0.29, 0.717) is 12.5 Å². The molecule has 0 unspecified atom stereocenters. The van der Waals surface area contributed by atoms with Crippen molar-refractivity contribution in [3.05, 3.63) is 23.0 Å². The van der Waals surface area contributed by atoms with Crippen molar-refractivity contribution in [2.75, 3.05) is 12.3 Å². The fraction of sp³-hybridized carbons (Fsp3) is 0.455. The van der Waals surface area contributed by atoms with Gasteiger partial charge in [0.25, 0.3) is 0 Å². The lowest BCUT2D eigenvalue weighted by atomic mass is 9.86. The van der Waals surface area contributed by atoms with Gasteiger partial charge in [0.1, 0.15) is 4.90 Å². The van der Waals surface area contributed by atoms with Crippen LogP contribution in [-0.2, 0) is 10.0 Å². The summed E-state index contributed by atoms with van der Waals surface area (Å²) in [5, 5.41) is -0.293. The Morgan fingerprint density at radius 2 is 2.11 bits per heavy atom. The van der Waals surface area contributed by atoms with Crippen LogP contribution in [0.5, 0.6) is 0 Å². The second-order valence-corrected chi connectivity index (χ2v) is 6.61. The van der Waals surface area contributed by atoms with Gasteiger partial charge in [-0.25, -0.2) is 17.5 Å². The molecule has 0 radical (unpaired) electrons. The van der Waals surface area contributed by atoms with E-state index < -0.39 is 20.7 Å². The van der Waals surface area contributed by atoms with Crippen LogP contribution >= 0.6 is 11.6 Å². The zero-order valence-corrected chi connectivity index (χ0v) is 11.2. The molecule has 0 saturated heterocycles. The standard InChI is InChI=1S/C11H14ClFN2O2S/c12-9-4-8(14)5-10(11(9)13)18(16,17)15-6-7-2-1-3-7/h4-5,7,15H,1-3,6,14H2. The highest BCUT2D eigenvalue weighted by Gasteiger charge is 2.24. The quantitative estimate of drug-likeness (QED) is 0.835. The molecule has 2 rings (SSSR count). The number of hydrogen-bond donors (Lipinski definition) is 2. The number of nitrogens with one attached hydrogen (secondary N) is 1. The molecule has 1 saturated carbocycles. The summed E-state index contributed by atoms with van der Waals surface area (Å²) in [6.07, 6.45) is 3.12. The van der Waals surface area contributed by atoms with Crippen molar-refractivity contribution < 1.29 is 12.8 Å². The Morgan fingerprint density at radius 1 is 1.44 bits per heavy atom. The molecule has 0 aliphatic heterocycles. The van der Waals surface area contributed by atoms with E-state index in [1.807, 2.05) is 0 Å². The van der Waals surface area contributed by atoms with E-state index in [0.717, 1.165) is 25.3 Å². The zero-order chi connectivity index (χ0) is 13.3. The maximum atomic E-state index is 13.7. The van der Waals surface area contributed by atoms with Gasteiger partial charge in [0.2, 0.25) is 10.0 Å². The number of benzene rings is 1. The van der Waals surface area contributed by atoms with E-state index in [2.05, 4.69) is 4.72 Å². The van der Waals surface area contributed by atoms with Gasteiger partial charge in [-0.05, 0) is 30.9 Å². The van der Waals surface area contributed by atoms with Gasteiger partial charge in [0.15, 0.2) is 5.82 Å². The molecule has 18 heavy (non-hydrogen) atoms. The van der Waals surface area contributed by atoms with Crippen molar-refractivity contribution in [3.63, 3.8) is 0 Å². The topological polar surface area (TPSA) is 72.2 Å². The highest BCUT2D eigenvalue weighted by Crippen LogP contribution is 2.28. The number of rotatable bonds is 4. The van der Waals surface area contributed by atoms with Crippen molar-refractivity contribution in [1.29, 1.82) is 0 Å². The molecule has 0 amide bonds. The molecule has 3 N–H and O–H groups in total. The molecule has 100 valence electrons. The van der Waals surface area contributed by atoms with Crippen molar-refractivity contribution in [2.45, 2.75) is 24.2 Å². The van der Waals surface area contributed by atoms with Crippen LogP contribution in [-0.4, -0.2) is 15.0 Å². The summed E-state index contributed by atoms with van der Waals surface area (Å²) in [5.74, 6) is -0.619. The Bertz CT molecular complexity index is 558. The molecular formula is C11H14ClFN2O2S. The fourth-order valence-electron chi connectivity index (χ4n) is 1.78. The van der Waals surface area contributed by atoms with E-state index >= 15 is 0 Å². The average molecular weight is 293 g/mol. The highest BCUT2D eigenvalue weighted by atomic mass is 35.5. The first-order valence-corrected chi connectivity index (χ1v) is 7.50. The second-order valence-electron chi connectivity index (χ2n) is 4.46. The molecule has 7 heteroatoms. The second kappa shape index (κ2) is 5.03. The zero-order valence-electron chi connectivity index (χ0n) is 9.62. The van der Waals surface area contributed by atoms with Crippen LogP contribution in [0, 0.1) is 11.7 Å². The van der Waals surface area contributed by atoms with Gasteiger partial charge >= 0.3 is 0 Å². The lowest BCUT2D eigenvalue weighted by Gasteiger charge is -2.25. The number of nitrogens with two attached hydrogens (primary N) is 1. The van der Waals surface area contributed by atoms with Crippen molar-refractivity contribution >= 4 is 27.3 Å². The number of sulfonamides is 1. The number of halogens is 2. The van der Waals surface area contributed by atoms with Gasteiger partial charge in [-0.3, -0.25) is 0 Å². The van der Waals surface area contributed by atoms with Gasteiger partial charge in [0, 0.05) is 12.2 Å². The van der Waals surface area contributed by atoms with Crippen LogP contribution in [0.25, 0.3) is 0 Å². The Kier molecular flexibility index (Phi) is 3.79. The Morgan fingerprint density at radius 3 is 2.67 bits per heavy atom. The minimum atomic E-state index is -3.90. The number of hydrogen-bond acceptors (Lipinski definition) is 3. The Hall–Kier alpha value is -0.850. The van der Waals surface area contributed by atoms with Gasteiger partial charge in [-0.1, -0.05) is 18.0 Å². The lowest BCUT2D eigenvalue weighted by Crippen LogP contribution is -2.32. The predicted octanol–water partition coefficient (Wildman–Crippen LogP) is 2.14. The van der Waals surface area contributed by atoms with Crippen molar-refractivity contribution in [1.82, 2.24) is 4.72 Å². The molecule has 1 fully saturated rings. The Balaban J connectivity index is 2.22. The van der Waals surface area contributed by atoms with Crippen LogP contribution in [0.4, 0.5) is 10.1 Å². The van der Waals surface area contributed by atoms with Gasteiger partial charge in [-0.15, -0.1) is 0 Å². The van der Waals surface area contributed by atoms with Gasteiger partial charge in [0.05, 0.1) is 5.02 Å². The smallest absolute Gasteiger partial charge is 0.243 e. The minimum absolute atomic E-state index is 0.116. The molecule has 0 atom stereocenters. The maximum absolute atomic E-state index is 13.7. The minimum Gasteiger partial charge on any atom is -0.399 e. The molecule has 0 heterocycles. The average Bonchev–Trinajstić information content (AvgIpc) is 2.20. The van der Waals surface area contributed by atoms with E-state index in [9.17, 15) is 12.8 Å². The summed E-state index contributed by atoms with van der Waals surface area (Å²) in [7, 11) is -3.90. The molecule has 4 nitrogen and oxygen atoms in total. The molecule has 1 aliphatic carbocycles. The summed E-state index contributed by atoms with van der Waals surface area (Å²) >= 11 is 5.58. The van der Waals surface area contributed by atoms with Gasteiger partial charge < -0.3 is 5.73 Å². The highest BCUT2D eigenvalue weighted by molar-refractivity contribution is 7.89. The van der Waals surface area contributed by atoms with Crippen LogP contribution in [0.3, 0.4) is 0 Å². The van der Waals surface area contributed by atoms with Crippen LogP contribution in [0.15, 0.2) is 17.0 Å². The fourth-order valence-corrected chi connectivity index (χ4v) is 3.31. The van der Waals surface area contributed by atoms with Gasteiger partial charge in [-0.2, -0.15) is 0 Å².